The average Bonchev–Trinajstić information content (AvgIpc) is 2.55. The number of hydrogen-bond donors (Lipinski definition) is 0. The maximum Gasteiger partial charge on any atom is 0.242 e. The van der Waals surface area contributed by atoms with Gasteiger partial charge in [-0.05, 0) is 0 Å². The van der Waals surface area contributed by atoms with Crippen molar-refractivity contribution >= 4 is 17.7 Å². The summed E-state index contributed by atoms with van der Waals surface area (Å²) in [5.41, 5.74) is 0. The summed E-state index contributed by atoms with van der Waals surface area (Å²) in [5, 5.41) is 4.08. The number of fused-ring (bicyclic) bond motifs is 1. The Bertz CT molecular complexity index is 350. The SMILES string of the molecule is CN1CCn2nc(N=C=O)cc21. The Morgan fingerprint density at radius 3 is 3.17 bits per heavy atom. The summed E-state index contributed by atoms with van der Waals surface area (Å²) in [5.74, 6) is 1.44. The highest BCUT2D eigenvalue weighted by Gasteiger charge is 2.17. The topological polar surface area (TPSA) is 50.5 Å². The Kier molecular flexibility index (Phi) is 1.45. The van der Waals surface area contributed by atoms with Gasteiger partial charge in [0.1, 0.15) is 5.82 Å². The molecule has 12 heavy (non-hydrogen) atoms. The smallest absolute Gasteiger partial charge is 0.242 e. The molecule has 1 aliphatic rings. The molecule has 1 aromatic rings. The molecule has 1 aliphatic heterocycles. The van der Waals surface area contributed by atoms with Gasteiger partial charge in [-0.2, -0.15) is 5.10 Å². The summed E-state index contributed by atoms with van der Waals surface area (Å²) in [6.07, 6.45) is 1.47. The number of aromatic nitrogens is 2. The molecule has 0 aliphatic carbocycles. The fraction of sp³-hybridized carbons (Fsp3) is 0.429. The van der Waals surface area contributed by atoms with Gasteiger partial charge in [-0.15, -0.1) is 4.99 Å². The fourth-order valence-electron chi connectivity index (χ4n) is 1.33. The maximum atomic E-state index is 9.93. The zero-order valence-corrected chi connectivity index (χ0v) is 6.69. The average molecular weight is 164 g/mol. The first kappa shape index (κ1) is 7.06. The highest BCUT2D eigenvalue weighted by Crippen LogP contribution is 2.23. The molecule has 0 atom stereocenters. The van der Waals surface area contributed by atoms with Gasteiger partial charge in [0.05, 0.1) is 6.54 Å². The van der Waals surface area contributed by atoms with Crippen molar-refractivity contribution < 1.29 is 4.79 Å². The molecular weight excluding hydrogens is 156 g/mol. The third-order valence-electron chi connectivity index (χ3n) is 1.94. The third-order valence-corrected chi connectivity index (χ3v) is 1.94. The predicted molar refractivity (Wildman–Crippen MR) is 43.3 cm³/mol. The molecule has 0 saturated heterocycles. The lowest BCUT2D eigenvalue weighted by Crippen LogP contribution is -2.12. The van der Waals surface area contributed by atoms with Crippen molar-refractivity contribution in [3.05, 3.63) is 6.07 Å². The summed E-state index contributed by atoms with van der Waals surface area (Å²) >= 11 is 0. The maximum absolute atomic E-state index is 9.93. The Labute approximate surface area is 69.3 Å². The number of hydrogen-bond acceptors (Lipinski definition) is 4. The van der Waals surface area contributed by atoms with Crippen LogP contribution in [0, 0.1) is 0 Å². The molecule has 0 N–H and O–H groups in total. The van der Waals surface area contributed by atoms with Crippen molar-refractivity contribution in [1.29, 1.82) is 0 Å². The van der Waals surface area contributed by atoms with Gasteiger partial charge in [-0.25, -0.2) is 9.48 Å². The molecule has 5 nitrogen and oxygen atoms in total. The molecule has 2 heterocycles. The molecule has 0 amide bonds. The highest BCUT2D eigenvalue weighted by atomic mass is 16.1. The number of aliphatic imine (C=N–C) groups is 1. The molecule has 0 unspecified atom stereocenters. The van der Waals surface area contributed by atoms with E-state index in [4.69, 9.17) is 0 Å². The first-order valence-corrected chi connectivity index (χ1v) is 3.68. The summed E-state index contributed by atoms with van der Waals surface area (Å²) < 4.78 is 1.83. The fourth-order valence-corrected chi connectivity index (χ4v) is 1.33. The summed E-state index contributed by atoms with van der Waals surface area (Å²) in [7, 11) is 1.98. The first-order chi connectivity index (χ1) is 5.81. The van der Waals surface area contributed by atoms with E-state index < -0.39 is 0 Å². The van der Waals surface area contributed by atoms with Crippen LogP contribution in [0.3, 0.4) is 0 Å². The van der Waals surface area contributed by atoms with E-state index >= 15 is 0 Å². The second kappa shape index (κ2) is 2.46. The van der Waals surface area contributed by atoms with Crippen LogP contribution in [0.5, 0.6) is 0 Å². The minimum Gasteiger partial charge on any atom is -0.358 e. The van der Waals surface area contributed by atoms with Crippen molar-refractivity contribution in [2.75, 3.05) is 18.5 Å². The number of carbonyl (C=O) groups excluding carboxylic acids is 1. The van der Waals surface area contributed by atoms with Crippen molar-refractivity contribution in [3.8, 4) is 0 Å². The molecule has 2 rings (SSSR count). The third kappa shape index (κ3) is 0.914. The summed E-state index contributed by atoms with van der Waals surface area (Å²) in [4.78, 5) is 15.4. The minimum atomic E-state index is 0.437. The predicted octanol–water partition coefficient (Wildman–Crippen LogP) is 0.300. The molecule has 0 saturated carbocycles. The first-order valence-electron chi connectivity index (χ1n) is 3.68. The van der Waals surface area contributed by atoms with Crippen LogP contribution in [0.1, 0.15) is 0 Å². The van der Waals surface area contributed by atoms with E-state index in [0.29, 0.717) is 5.82 Å². The molecule has 0 radical (unpaired) electrons. The van der Waals surface area contributed by atoms with E-state index in [9.17, 15) is 4.79 Å². The number of anilines is 1. The number of rotatable bonds is 1. The quantitative estimate of drug-likeness (QED) is 0.443. The number of isocyanates is 1. The second-order valence-corrected chi connectivity index (χ2v) is 2.71. The van der Waals surface area contributed by atoms with Crippen molar-refractivity contribution in [2.45, 2.75) is 6.54 Å². The molecule has 0 fully saturated rings. The lowest BCUT2D eigenvalue weighted by molar-refractivity contribution is 0.565. The zero-order valence-electron chi connectivity index (χ0n) is 6.69. The van der Waals surface area contributed by atoms with Gasteiger partial charge in [0.25, 0.3) is 0 Å². The Morgan fingerprint density at radius 2 is 2.50 bits per heavy atom. The van der Waals surface area contributed by atoms with E-state index in [2.05, 4.69) is 15.0 Å². The van der Waals surface area contributed by atoms with Crippen LogP contribution in [0.4, 0.5) is 11.6 Å². The van der Waals surface area contributed by atoms with E-state index in [1.54, 1.807) is 6.07 Å². The largest absolute Gasteiger partial charge is 0.358 e. The van der Waals surface area contributed by atoms with Gasteiger partial charge in [-0.1, -0.05) is 0 Å². The molecule has 0 bridgehead atoms. The molecule has 5 heteroatoms. The summed E-state index contributed by atoms with van der Waals surface area (Å²) in [6, 6.07) is 1.78. The monoisotopic (exact) mass is 164 g/mol. The zero-order chi connectivity index (χ0) is 8.55. The highest BCUT2D eigenvalue weighted by molar-refractivity contribution is 5.53. The molecule has 0 spiro atoms. The van der Waals surface area contributed by atoms with E-state index in [0.717, 1.165) is 18.9 Å². The van der Waals surface area contributed by atoms with Crippen LogP contribution in [-0.2, 0) is 11.3 Å². The van der Waals surface area contributed by atoms with Crippen LogP contribution in [-0.4, -0.2) is 29.5 Å². The van der Waals surface area contributed by atoms with Gasteiger partial charge >= 0.3 is 0 Å². The second-order valence-electron chi connectivity index (χ2n) is 2.71. The van der Waals surface area contributed by atoms with Gasteiger partial charge in [0, 0.05) is 19.7 Å². The van der Waals surface area contributed by atoms with Crippen LogP contribution < -0.4 is 4.90 Å². The standard InChI is InChI=1S/C7H8N4O/c1-10-2-3-11-7(10)4-6(9-11)8-5-12/h4H,2-3H2,1H3. The van der Waals surface area contributed by atoms with Crippen molar-refractivity contribution in [2.24, 2.45) is 4.99 Å². The van der Waals surface area contributed by atoms with E-state index in [-0.39, 0.29) is 0 Å². The van der Waals surface area contributed by atoms with E-state index in [1.807, 2.05) is 11.7 Å². The number of likely N-dealkylation sites (N-methyl/N-ethyl adjacent to an activating group) is 1. The lowest BCUT2D eigenvalue weighted by atomic mass is 10.5. The molecule has 0 aromatic carbocycles. The Hall–Kier alpha value is -1.61. The number of nitrogens with zero attached hydrogens (tertiary/aromatic N) is 4. The van der Waals surface area contributed by atoms with Crippen LogP contribution >= 0.6 is 0 Å². The van der Waals surface area contributed by atoms with Gasteiger partial charge in [0.15, 0.2) is 5.82 Å². The minimum absolute atomic E-state index is 0.437. The van der Waals surface area contributed by atoms with Crippen molar-refractivity contribution in [3.63, 3.8) is 0 Å². The van der Waals surface area contributed by atoms with Gasteiger partial charge in [0.2, 0.25) is 6.08 Å². The van der Waals surface area contributed by atoms with E-state index in [1.165, 1.54) is 6.08 Å². The van der Waals surface area contributed by atoms with Gasteiger partial charge in [-0.3, -0.25) is 0 Å². The summed E-state index contributed by atoms with van der Waals surface area (Å²) in [6.45, 7) is 1.83. The Morgan fingerprint density at radius 1 is 1.67 bits per heavy atom. The van der Waals surface area contributed by atoms with Crippen LogP contribution in [0.2, 0.25) is 0 Å². The van der Waals surface area contributed by atoms with Crippen molar-refractivity contribution in [1.82, 2.24) is 9.78 Å². The van der Waals surface area contributed by atoms with Gasteiger partial charge < -0.3 is 4.90 Å². The van der Waals surface area contributed by atoms with Crippen LogP contribution in [0.25, 0.3) is 0 Å². The molecule has 62 valence electrons. The normalized spacial score (nSPS) is 14.2. The Balaban J connectivity index is 2.42. The molecular formula is C7H8N4O. The molecule has 1 aromatic heterocycles. The van der Waals surface area contributed by atoms with Crippen LogP contribution in [0.15, 0.2) is 11.1 Å². The lowest BCUT2D eigenvalue weighted by Gasteiger charge is -2.05.